The Kier molecular flexibility index (Phi) is 4.64. The van der Waals surface area contributed by atoms with E-state index >= 15 is 0 Å². The summed E-state index contributed by atoms with van der Waals surface area (Å²) >= 11 is 0. The van der Waals surface area contributed by atoms with Gasteiger partial charge < -0.3 is 14.8 Å². The number of nitrogens with one attached hydrogen (secondary N) is 1. The van der Waals surface area contributed by atoms with E-state index in [-0.39, 0.29) is 18.1 Å². The minimum atomic E-state index is -0.698. The third kappa shape index (κ3) is 3.84. The Labute approximate surface area is 158 Å². The molecule has 3 aromatic rings. The number of ether oxygens (including phenoxy) is 2. The van der Waals surface area contributed by atoms with Gasteiger partial charge in [-0.15, -0.1) is 0 Å². The predicted molar refractivity (Wildman–Crippen MR) is 103 cm³/mol. The van der Waals surface area contributed by atoms with Crippen LogP contribution in [0, 0.1) is 0 Å². The van der Waals surface area contributed by atoms with E-state index < -0.39 is 5.79 Å². The first-order chi connectivity index (χ1) is 13.0. The van der Waals surface area contributed by atoms with E-state index in [1.807, 2.05) is 68.4 Å². The van der Waals surface area contributed by atoms with Crippen LogP contribution in [-0.2, 0) is 9.47 Å². The second-order valence-corrected chi connectivity index (χ2v) is 7.15. The van der Waals surface area contributed by atoms with Gasteiger partial charge in [0.15, 0.2) is 5.79 Å². The summed E-state index contributed by atoms with van der Waals surface area (Å²) in [6, 6.07) is 18.9. The highest BCUT2D eigenvalue weighted by atomic mass is 16.7. The predicted octanol–water partition coefficient (Wildman–Crippen LogP) is 3.86. The van der Waals surface area contributed by atoms with Crippen LogP contribution in [0.2, 0.25) is 0 Å². The van der Waals surface area contributed by atoms with Gasteiger partial charge in [-0.25, -0.2) is 0 Å². The lowest BCUT2D eigenvalue weighted by Gasteiger charge is -2.41. The van der Waals surface area contributed by atoms with Gasteiger partial charge in [0.2, 0.25) is 0 Å². The molecule has 4 rings (SSSR count). The molecule has 1 amide bonds. The fourth-order valence-corrected chi connectivity index (χ4v) is 3.33. The standard InChI is InChI=1S/C22H22N2O3/c1-22(2)26-14-19(20(27-22)15-7-4-3-5-8-15)24-21(25)17-10-11-18-16(13-17)9-6-12-23-18/h3-13,19-20H,14H2,1-2H3,(H,24,25)/t19-,20-/m0/s1. The molecule has 2 heterocycles. The van der Waals surface area contributed by atoms with Gasteiger partial charge in [0.1, 0.15) is 6.10 Å². The maximum atomic E-state index is 12.9. The Morgan fingerprint density at radius 3 is 2.74 bits per heavy atom. The molecule has 1 fully saturated rings. The number of hydrogen-bond donors (Lipinski definition) is 1. The van der Waals surface area contributed by atoms with Gasteiger partial charge in [0, 0.05) is 17.1 Å². The number of carbonyl (C=O) groups is 1. The maximum absolute atomic E-state index is 12.9. The number of amides is 1. The van der Waals surface area contributed by atoms with Gasteiger partial charge in [0.05, 0.1) is 18.2 Å². The molecule has 0 spiro atoms. The molecular weight excluding hydrogens is 340 g/mol. The van der Waals surface area contributed by atoms with Crippen LogP contribution < -0.4 is 5.32 Å². The second-order valence-electron chi connectivity index (χ2n) is 7.15. The van der Waals surface area contributed by atoms with Crippen molar-refractivity contribution in [1.82, 2.24) is 10.3 Å². The number of carbonyl (C=O) groups excluding carboxylic acids is 1. The van der Waals surface area contributed by atoms with Gasteiger partial charge in [-0.2, -0.15) is 0 Å². The van der Waals surface area contributed by atoms with Gasteiger partial charge >= 0.3 is 0 Å². The van der Waals surface area contributed by atoms with Crippen LogP contribution in [-0.4, -0.2) is 29.3 Å². The quantitative estimate of drug-likeness (QED) is 0.769. The molecular formula is C22H22N2O3. The Bertz CT molecular complexity index is 956. The summed E-state index contributed by atoms with van der Waals surface area (Å²) in [4.78, 5) is 17.1. The number of fused-ring (bicyclic) bond motifs is 1. The van der Waals surface area contributed by atoms with Crippen molar-refractivity contribution in [3.05, 3.63) is 78.0 Å². The van der Waals surface area contributed by atoms with Gasteiger partial charge in [-0.05, 0) is 43.7 Å². The van der Waals surface area contributed by atoms with Gasteiger partial charge in [-0.3, -0.25) is 9.78 Å². The monoisotopic (exact) mass is 362 g/mol. The molecule has 1 aliphatic heterocycles. The number of benzene rings is 2. The first kappa shape index (κ1) is 17.6. The molecule has 1 N–H and O–H groups in total. The van der Waals surface area contributed by atoms with Crippen LogP contribution in [0.1, 0.15) is 35.9 Å². The first-order valence-electron chi connectivity index (χ1n) is 9.04. The molecule has 5 nitrogen and oxygen atoms in total. The normalized spacial score (nSPS) is 21.7. The molecule has 27 heavy (non-hydrogen) atoms. The molecule has 0 bridgehead atoms. The fraction of sp³-hybridized carbons (Fsp3) is 0.273. The van der Waals surface area contributed by atoms with Crippen molar-refractivity contribution in [3.63, 3.8) is 0 Å². The van der Waals surface area contributed by atoms with E-state index in [0.29, 0.717) is 12.2 Å². The van der Waals surface area contributed by atoms with Crippen molar-refractivity contribution in [1.29, 1.82) is 0 Å². The summed E-state index contributed by atoms with van der Waals surface area (Å²) in [6.07, 6.45) is 1.46. The third-order valence-corrected chi connectivity index (χ3v) is 4.70. The van der Waals surface area contributed by atoms with Crippen molar-refractivity contribution in [2.75, 3.05) is 6.61 Å². The van der Waals surface area contributed by atoms with Crippen LogP contribution in [0.3, 0.4) is 0 Å². The van der Waals surface area contributed by atoms with Crippen LogP contribution in [0.4, 0.5) is 0 Å². The lowest BCUT2D eigenvalue weighted by Crippen LogP contribution is -2.52. The zero-order chi connectivity index (χ0) is 18.9. The Balaban J connectivity index is 1.57. The van der Waals surface area contributed by atoms with Crippen molar-refractivity contribution in [3.8, 4) is 0 Å². The van der Waals surface area contributed by atoms with E-state index in [4.69, 9.17) is 9.47 Å². The maximum Gasteiger partial charge on any atom is 0.251 e. The fourth-order valence-electron chi connectivity index (χ4n) is 3.33. The van der Waals surface area contributed by atoms with Crippen molar-refractivity contribution >= 4 is 16.8 Å². The lowest BCUT2D eigenvalue weighted by atomic mass is 10.00. The lowest BCUT2D eigenvalue weighted by molar-refractivity contribution is -0.284. The zero-order valence-corrected chi connectivity index (χ0v) is 15.4. The van der Waals surface area contributed by atoms with Crippen LogP contribution in [0.15, 0.2) is 66.9 Å². The summed E-state index contributed by atoms with van der Waals surface area (Å²) in [5, 5.41) is 4.01. The SMILES string of the molecule is CC1(C)OC[C@H](NC(=O)c2ccc3ncccc3c2)[C@H](c2ccccc2)O1. The summed E-state index contributed by atoms with van der Waals surface area (Å²) in [5.74, 6) is -0.852. The highest BCUT2D eigenvalue weighted by Gasteiger charge is 2.38. The third-order valence-electron chi connectivity index (χ3n) is 4.70. The van der Waals surface area contributed by atoms with E-state index in [9.17, 15) is 4.79 Å². The molecule has 1 aromatic heterocycles. The topological polar surface area (TPSA) is 60.5 Å². The van der Waals surface area contributed by atoms with E-state index in [2.05, 4.69) is 10.3 Å². The highest BCUT2D eigenvalue weighted by Crippen LogP contribution is 2.33. The second kappa shape index (κ2) is 7.10. The smallest absolute Gasteiger partial charge is 0.251 e. The number of pyridine rings is 1. The van der Waals surface area contributed by atoms with Gasteiger partial charge in [-0.1, -0.05) is 36.4 Å². The molecule has 0 unspecified atom stereocenters. The summed E-state index contributed by atoms with van der Waals surface area (Å²) < 4.78 is 11.9. The summed E-state index contributed by atoms with van der Waals surface area (Å²) in [7, 11) is 0. The zero-order valence-electron chi connectivity index (χ0n) is 15.4. The molecule has 1 saturated heterocycles. The van der Waals surface area contributed by atoms with E-state index in [1.54, 1.807) is 12.3 Å². The number of hydrogen-bond acceptors (Lipinski definition) is 4. The van der Waals surface area contributed by atoms with Gasteiger partial charge in [0.25, 0.3) is 5.91 Å². The molecule has 0 radical (unpaired) electrons. The molecule has 138 valence electrons. The van der Waals surface area contributed by atoms with Crippen LogP contribution in [0.25, 0.3) is 10.9 Å². The van der Waals surface area contributed by atoms with Crippen molar-refractivity contribution in [2.24, 2.45) is 0 Å². The molecule has 0 aliphatic carbocycles. The van der Waals surface area contributed by atoms with E-state index in [1.165, 1.54) is 0 Å². The van der Waals surface area contributed by atoms with Crippen LogP contribution >= 0.6 is 0 Å². The first-order valence-corrected chi connectivity index (χ1v) is 9.04. The minimum Gasteiger partial charge on any atom is -0.348 e. The highest BCUT2D eigenvalue weighted by molar-refractivity contribution is 5.98. The van der Waals surface area contributed by atoms with Crippen LogP contribution in [0.5, 0.6) is 0 Å². The largest absolute Gasteiger partial charge is 0.348 e. The number of rotatable bonds is 3. The molecule has 2 aromatic carbocycles. The average Bonchev–Trinajstić information content (AvgIpc) is 2.69. The average molecular weight is 362 g/mol. The number of aromatic nitrogens is 1. The Morgan fingerprint density at radius 2 is 1.93 bits per heavy atom. The molecule has 2 atom stereocenters. The van der Waals surface area contributed by atoms with Crippen molar-refractivity contribution < 1.29 is 14.3 Å². The number of nitrogens with zero attached hydrogens (tertiary/aromatic N) is 1. The Morgan fingerprint density at radius 1 is 1.11 bits per heavy atom. The minimum absolute atomic E-state index is 0.154. The Hall–Kier alpha value is -2.76. The molecule has 0 saturated carbocycles. The molecule has 1 aliphatic rings. The summed E-state index contributed by atoms with van der Waals surface area (Å²) in [5.41, 5.74) is 2.47. The molecule has 5 heteroatoms. The van der Waals surface area contributed by atoms with Crippen molar-refractivity contribution in [2.45, 2.75) is 31.8 Å². The summed E-state index contributed by atoms with van der Waals surface area (Å²) in [6.45, 7) is 4.15. The van der Waals surface area contributed by atoms with E-state index in [0.717, 1.165) is 16.5 Å².